The number of aromatic nitrogens is 3. The zero-order chi connectivity index (χ0) is 14.7. The Balaban J connectivity index is 0.00000176. The molecule has 2 aliphatic rings. The third kappa shape index (κ3) is 3.75. The van der Waals surface area contributed by atoms with E-state index in [9.17, 15) is 4.79 Å². The van der Waals surface area contributed by atoms with Crippen LogP contribution in [0.25, 0.3) is 0 Å². The Morgan fingerprint density at radius 1 is 1.45 bits per heavy atom. The van der Waals surface area contributed by atoms with Gasteiger partial charge in [-0.05, 0) is 19.1 Å². The molecule has 0 unspecified atom stereocenters. The van der Waals surface area contributed by atoms with Crippen molar-refractivity contribution in [1.29, 1.82) is 0 Å². The smallest absolute Gasteiger partial charge is 0.273 e. The molecule has 2 N–H and O–H groups in total. The number of carbonyl (C=O) groups excluding carboxylic acids is 1. The van der Waals surface area contributed by atoms with Crippen LogP contribution in [0.1, 0.15) is 48.6 Å². The van der Waals surface area contributed by atoms with Crippen LogP contribution in [-0.2, 0) is 0 Å². The summed E-state index contributed by atoms with van der Waals surface area (Å²) in [5.74, 6) is -0.104. The summed E-state index contributed by atoms with van der Waals surface area (Å²) in [6.07, 6.45) is 10.1. The van der Waals surface area contributed by atoms with Gasteiger partial charge in [0.2, 0.25) is 0 Å². The fourth-order valence-corrected chi connectivity index (χ4v) is 3.91. The Hall–Kier alpha value is -0.790. The fourth-order valence-electron chi connectivity index (χ4n) is 3.00. The van der Waals surface area contributed by atoms with Crippen LogP contribution < -0.4 is 10.6 Å². The first-order valence-electron chi connectivity index (χ1n) is 7.68. The molecule has 2 heterocycles. The quantitative estimate of drug-likeness (QED) is 0.848. The molecule has 2 fully saturated rings. The molecule has 1 saturated carbocycles. The summed E-state index contributed by atoms with van der Waals surface area (Å²) in [7, 11) is 0. The maximum Gasteiger partial charge on any atom is 0.273 e. The molecule has 1 aromatic rings. The van der Waals surface area contributed by atoms with Crippen LogP contribution in [0, 0.1) is 0 Å². The average Bonchev–Trinajstić information content (AvgIpc) is 2.93. The first-order valence-corrected chi connectivity index (χ1v) is 8.91. The summed E-state index contributed by atoms with van der Waals surface area (Å²) in [5, 5.41) is 14.3. The maximum absolute atomic E-state index is 12.2. The van der Waals surface area contributed by atoms with Crippen LogP contribution in [0.5, 0.6) is 0 Å². The first-order chi connectivity index (χ1) is 10.2. The third-order valence-corrected chi connectivity index (χ3v) is 6.06. The van der Waals surface area contributed by atoms with Gasteiger partial charge in [-0.1, -0.05) is 24.5 Å². The van der Waals surface area contributed by atoms with Gasteiger partial charge in [-0.3, -0.25) is 4.79 Å². The SMILES string of the molecule is CSC1(CNC(=O)c2cn(C3CNC3)nn2)CCCCC1.Cl. The largest absolute Gasteiger partial charge is 0.349 e. The Kier molecular flexibility index (Phi) is 6.11. The van der Waals surface area contributed by atoms with Gasteiger partial charge in [-0.25, -0.2) is 4.68 Å². The van der Waals surface area contributed by atoms with Gasteiger partial charge in [-0.15, -0.1) is 17.5 Å². The minimum absolute atomic E-state index is 0. The highest BCUT2D eigenvalue weighted by Crippen LogP contribution is 2.37. The van der Waals surface area contributed by atoms with Crippen LogP contribution in [0.15, 0.2) is 6.20 Å². The summed E-state index contributed by atoms with van der Waals surface area (Å²) in [5.41, 5.74) is 0.425. The Labute approximate surface area is 141 Å². The lowest BCUT2D eigenvalue weighted by Gasteiger charge is -2.35. The molecule has 1 aliphatic carbocycles. The lowest BCUT2D eigenvalue weighted by molar-refractivity contribution is 0.0942. The van der Waals surface area contributed by atoms with Gasteiger partial charge in [0.15, 0.2) is 5.69 Å². The average molecular weight is 346 g/mol. The highest BCUT2D eigenvalue weighted by Gasteiger charge is 2.32. The van der Waals surface area contributed by atoms with E-state index in [2.05, 4.69) is 27.2 Å². The van der Waals surface area contributed by atoms with Crippen molar-refractivity contribution in [3.8, 4) is 0 Å². The molecule has 1 aliphatic heterocycles. The standard InChI is InChI=1S/C14H23N5OS.ClH/c1-21-14(5-3-2-4-6-14)10-16-13(20)12-9-19(18-17-12)11-7-15-8-11;/h9,11,15H,2-8,10H2,1H3,(H,16,20);1H. The summed E-state index contributed by atoms with van der Waals surface area (Å²) in [6.45, 7) is 2.53. The van der Waals surface area contributed by atoms with Crippen LogP contribution in [0.3, 0.4) is 0 Å². The number of carbonyl (C=O) groups is 1. The summed E-state index contributed by atoms with van der Waals surface area (Å²) >= 11 is 1.89. The van der Waals surface area contributed by atoms with E-state index in [1.165, 1.54) is 32.1 Å². The third-order valence-electron chi connectivity index (χ3n) is 4.65. The second-order valence-corrected chi connectivity index (χ2v) is 7.30. The predicted molar refractivity (Wildman–Crippen MR) is 90.8 cm³/mol. The lowest BCUT2D eigenvalue weighted by Crippen LogP contribution is -2.43. The van der Waals surface area contributed by atoms with E-state index in [0.29, 0.717) is 11.7 Å². The van der Waals surface area contributed by atoms with Crippen molar-refractivity contribution in [2.24, 2.45) is 0 Å². The molecular weight excluding hydrogens is 322 g/mol. The topological polar surface area (TPSA) is 71.8 Å². The molecule has 0 bridgehead atoms. The molecule has 1 aromatic heterocycles. The van der Waals surface area contributed by atoms with Gasteiger partial charge in [0.05, 0.1) is 12.2 Å². The molecule has 0 radical (unpaired) electrons. The van der Waals surface area contributed by atoms with E-state index >= 15 is 0 Å². The van der Waals surface area contributed by atoms with E-state index in [1.807, 2.05) is 11.8 Å². The molecule has 1 saturated heterocycles. The highest BCUT2D eigenvalue weighted by molar-refractivity contribution is 8.00. The minimum atomic E-state index is -0.104. The molecule has 8 heteroatoms. The second-order valence-electron chi connectivity index (χ2n) is 6.03. The van der Waals surface area contributed by atoms with Crippen LogP contribution in [0.2, 0.25) is 0 Å². The number of nitrogens with one attached hydrogen (secondary N) is 2. The second kappa shape index (κ2) is 7.66. The molecule has 0 spiro atoms. The lowest BCUT2D eigenvalue weighted by atomic mass is 9.88. The molecule has 124 valence electrons. The van der Waals surface area contributed by atoms with Crippen molar-refractivity contribution in [2.75, 3.05) is 25.9 Å². The van der Waals surface area contributed by atoms with Crippen molar-refractivity contribution in [1.82, 2.24) is 25.6 Å². The number of rotatable bonds is 5. The van der Waals surface area contributed by atoms with E-state index in [4.69, 9.17) is 0 Å². The summed E-state index contributed by atoms with van der Waals surface area (Å²) in [4.78, 5) is 12.2. The Bertz CT molecular complexity index is 499. The molecule has 22 heavy (non-hydrogen) atoms. The normalized spacial score (nSPS) is 20.8. The van der Waals surface area contributed by atoms with E-state index in [-0.39, 0.29) is 23.1 Å². The van der Waals surface area contributed by atoms with Crippen LogP contribution in [-0.4, -0.2) is 51.5 Å². The molecule has 1 amide bonds. The van der Waals surface area contributed by atoms with Crippen LogP contribution >= 0.6 is 24.2 Å². The first kappa shape index (κ1) is 17.6. The van der Waals surface area contributed by atoms with E-state index < -0.39 is 0 Å². The molecule has 0 aromatic carbocycles. The zero-order valence-corrected chi connectivity index (χ0v) is 14.5. The monoisotopic (exact) mass is 345 g/mol. The van der Waals surface area contributed by atoms with Crippen molar-refractivity contribution in [2.45, 2.75) is 42.9 Å². The van der Waals surface area contributed by atoms with Crippen molar-refractivity contribution in [3.05, 3.63) is 11.9 Å². The maximum atomic E-state index is 12.2. The number of hydrogen-bond acceptors (Lipinski definition) is 5. The molecule has 6 nitrogen and oxygen atoms in total. The number of nitrogens with zero attached hydrogens (tertiary/aromatic N) is 3. The van der Waals surface area contributed by atoms with Gasteiger partial charge in [-0.2, -0.15) is 11.8 Å². The predicted octanol–water partition coefficient (Wildman–Crippen LogP) is 1.64. The van der Waals surface area contributed by atoms with Gasteiger partial charge in [0.25, 0.3) is 5.91 Å². The zero-order valence-electron chi connectivity index (χ0n) is 12.9. The van der Waals surface area contributed by atoms with Crippen molar-refractivity contribution in [3.63, 3.8) is 0 Å². The van der Waals surface area contributed by atoms with Gasteiger partial charge >= 0.3 is 0 Å². The van der Waals surface area contributed by atoms with Crippen molar-refractivity contribution >= 4 is 30.1 Å². The van der Waals surface area contributed by atoms with Crippen LogP contribution in [0.4, 0.5) is 0 Å². The summed E-state index contributed by atoms with van der Waals surface area (Å²) < 4.78 is 2.00. The van der Waals surface area contributed by atoms with Crippen molar-refractivity contribution < 1.29 is 4.79 Å². The summed E-state index contributed by atoms with van der Waals surface area (Å²) in [6, 6.07) is 0.343. The number of amides is 1. The van der Waals surface area contributed by atoms with Gasteiger partial charge in [0.1, 0.15) is 0 Å². The molecule has 3 rings (SSSR count). The Morgan fingerprint density at radius 3 is 2.77 bits per heavy atom. The van der Waals surface area contributed by atoms with E-state index in [1.54, 1.807) is 10.9 Å². The number of hydrogen-bond donors (Lipinski definition) is 2. The number of halogens is 1. The fraction of sp³-hybridized carbons (Fsp3) is 0.786. The van der Waals surface area contributed by atoms with Gasteiger partial charge < -0.3 is 10.6 Å². The van der Waals surface area contributed by atoms with E-state index in [0.717, 1.165) is 19.6 Å². The molecule has 0 atom stereocenters. The van der Waals surface area contributed by atoms with Gasteiger partial charge in [0, 0.05) is 24.4 Å². The Morgan fingerprint density at radius 2 is 2.18 bits per heavy atom. The number of thioether (sulfide) groups is 1. The minimum Gasteiger partial charge on any atom is -0.349 e. The molecular formula is C14H24ClN5OS. The highest BCUT2D eigenvalue weighted by atomic mass is 35.5.